The van der Waals surface area contributed by atoms with E-state index in [1.54, 1.807) is 24.3 Å². The van der Waals surface area contributed by atoms with Crippen LogP contribution in [-0.4, -0.2) is 18.4 Å². The van der Waals surface area contributed by atoms with Crippen molar-refractivity contribution >= 4 is 23.2 Å². The molecular formula is C25H24N2O3. The molecule has 0 aliphatic carbocycles. The fraction of sp³-hybridized carbons (Fsp3) is 0.200. The Morgan fingerprint density at radius 1 is 0.933 bits per heavy atom. The number of ether oxygens (including phenoxy) is 1. The molecular weight excluding hydrogens is 376 g/mol. The number of piperidine rings is 1. The van der Waals surface area contributed by atoms with Gasteiger partial charge in [0.25, 0.3) is 5.91 Å². The largest absolute Gasteiger partial charge is 0.457 e. The number of carbonyl (C=O) groups excluding carboxylic acids is 2. The minimum atomic E-state index is -0.192. The molecule has 152 valence electrons. The third kappa shape index (κ3) is 4.51. The zero-order chi connectivity index (χ0) is 20.9. The predicted octanol–water partition coefficient (Wildman–Crippen LogP) is 5.56. The first kappa shape index (κ1) is 19.7. The second kappa shape index (κ2) is 8.82. The van der Waals surface area contributed by atoms with Crippen molar-refractivity contribution in [3.05, 3.63) is 83.9 Å². The molecule has 0 radical (unpaired) electrons. The summed E-state index contributed by atoms with van der Waals surface area (Å²) in [6.07, 6.45) is 2.58. The molecule has 1 saturated heterocycles. The topological polar surface area (TPSA) is 58.6 Å². The van der Waals surface area contributed by atoms with E-state index >= 15 is 0 Å². The van der Waals surface area contributed by atoms with Crippen LogP contribution in [0.15, 0.2) is 72.8 Å². The Bertz CT molecular complexity index is 1050. The first-order valence-corrected chi connectivity index (χ1v) is 10.2. The number of hydrogen-bond donors (Lipinski definition) is 1. The predicted molar refractivity (Wildman–Crippen MR) is 118 cm³/mol. The summed E-state index contributed by atoms with van der Waals surface area (Å²) in [4.78, 5) is 26.6. The molecule has 1 N–H and O–H groups in total. The van der Waals surface area contributed by atoms with Gasteiger partial charge < -0.3 is 15.0 Å². The van der Waals surface area contributed by atoms with E-state index in [9.17, 15) is 9.59 Å². The van der Waals surface area contributed by atoms with Gasteiger partial charge in [-0.2, -0.15) is 0 Å². The van der Waals surface area contributed by atoms with Gasteiger partial charge in [-0.15, -0.1) is 0 Å². The molecule has 0 saturated carbocycles. The Kier molecular flexibility index (Phi) is 5.80. The number of nitrogens with zero attached hydrogens (tertiary/aromatic N) is 1. The lowest BCUT2D eigenvalue weighted by Gasteiger charge is -2.28. The van der Waals surface area contributed by atoms with Crippen molar-refractivity contribution in [2.24, 2.45) is 0 Å². The van der Waals surface area contributed by atoms with Gasteiger partial charge in [-0.25, -0.2) is 0 Å². The highest BCUT2D eigenvalue weighted by atomic mass is 16.5. The number of nitrogens with one attached hydrogen (secondary N) is 1. The maximum Gasteiger partial charge on any atom is 0.255 e. The zero-order valence-electron chi connectivity index (χ0n) is 16.9. The highest BCUT2D eigenvalue weighted by Gasteiger charge is 2.21. The molecule has 1 aliphatic rings. The Hall–Kier alpha value is -3.60. The maximum atomic E-state index is 12.6. The van der Waals surface area contributed by atoms with Crippen molar-refractivity contribution in [2.75, 3.05) is 16.8 Å². The van der Waals surface area contributed by atoms with Gasteiger partial charge in [-0.05, 0) is 79.9 Å². The van der Waals surface area contributed by atoms with Crippen molar-refractivity contribution in [1.29, 1.82) is 0 Å². The molecule has 5 nitrogen and oxygen atoms in total. The highest BCUT2D eigenvalue weighted by molar-refractivity contribution is 6.04. The zero-order valence-corrected chi connectivity index (χ0v) is 16.9. The molecule has 30 heavy (non-hydrogen) atoms. The molecule has 2 amide bonds. The smallest absolute Gasteiger partial charge is 0.255 e. The molecule has 1 heterocycles. The van der Waals surface area contributed by atoms with Crippen LogP contribution in [0.1, 0.15) is 35.2 Å². The number of rotatable bonds is 5. The van der Waals surface area contributed by atoms with Crippen molar-refractivity contribution in [1.82, 2.24) is 0 Å². The standard InChI is InChI=1S/C25H24N2O3/c1-18-17-20(12-15-23(18)27-16-6-5-9-24(27)28)26-25(29)19-10-13-22(14-11-19)30-21-7-3-2-4-8-21/h2-4,7-8,10-15,17H,5-6,9,16H2,1H3,(H,26,29). The third-order valence-electron chi connectivity index (χ3n) is 5.16. The van der Waals surface area contributed by atoms with Crippen LogP contribution < -0.4 is 15.0 Å². The van der Waals surface area contributed by atoms with Gasteiger partial charge in [-0.3, -0.25) is 9.59 Å². The van der Waals surface area contributed by atoms with Crippen LogP contribution in [-0.2, 0) is 4.79 Å². The Labute approximate surface area is 176 Å². The second-order valence-corrected chi connectivity index (χ2v) is 7.40. The summed E-state index contributed by atoms with van der Waals surface area (Å²) in [5, 5.41) is 2.93. The number of aryl methyl sites for hydroxylation is 1. The van der Waals surface area contributed by atoms with Gasteiger partial charge in [0.05, 0.1) is 0 Å². The first-order chi connectivity index (χ1) is 14.6. The lowest BCUT2D eigenvalue weighted by molar-refractivity contribution is -0.119. The number of hydrogen-bond acceptors (Lipinski definition) is 3. The lowest BCUT2D eigenvalue weighted by Crippen LogP contribution is -2.35. The number of benzene rings is 3. The number of carbonyl (C=O) groups is 2. The molecule has 1 aliphatic heterocycles. The molecule has 0 atom stereocenters. The van der Waals surface area contributed by atoms with E-state index in [2.05, 4.69) is 5.32 Å². The van der Waals surface area contributed by atoms with E-state index in [1.165, 1.54) is 0 Å². The van der Waals surface area contributed by atoms with Gasteiger partial charge in [0, 0.05) is 29.9 Å². The van der Waals surface area contributed by atoms with E-state index in [4.69, 9.17) is 4.74 Å². The molecule has 0 aromatic heterocycles. The van der Waals surface area contributed by atoms with E-state index in [0.717, 1.165) is 36.4 Å². The van der Waals surface area contributed by atoms with Crippen molar-refractivity contribution in [3.63, 3.8) is 0 Å². The number of amides is 2. The summed E-state index contributed by atoms with van der Waals surface area (Å²) in [6.45, 7) is 2.71. The molecule has 0 unspecified atom stereocenters. The van der Waals surface area contributed by atoms with Gasteiger partial charge >= 0.3 is 0 Å². The van der Waals surface area contributed by atoms with Crippen LogP contribution in [0.3, 0.4) is 0 Å². The SMILES string of the molecule is Cc1cc(NC(=O)c2ccc(Oc3ccccc3)cc2)ccc1N1CCCCC1=O. The van der Waals surface area contributed by atoms with Crippen molar-refractivity contribution < 1.29 is 14.3 Å². The van der Waals surface area contributed by atoms with Gasteiger partial charge in [0.15, 0.2) is 0 Å². The van der Waals surface area contributed by atoms with Gasteiger partial charge in [0.2, 0.25) is 5.91 Å². The molecule has 1 fully saturated rings. The summed E-state index contributed by atoms with van der Waals surface area (Å²) in [5.41, 5.74) is 3.13. The van der Waals surface area contributed by atoms with Crippen LogP contribution >= 0.6 is 0 Å². The van der Waals surface area contributed by atoms with E-state index < -0.39 is 0 Å². The average molecular weight is 400 g/mol. The second-order valence-electron chi connectivity index (χ2n) is 7.40. The van der Waals surface area contributed by atoms with Crippen LogP contribution in [0.2, 0.25) is 0 Å². The normalized spacial score (nSPS) is 13.8. The molecule has 5 heteroatoms. The fourth-order valence-electron chi connectivity index (χ4n) is 3.60. The quantitative estimate of drug-likeness (QED) is 0.610. The van der Waals surface area contributed by atoms with Crippen molar-refractivity contribution in [3.8, 4) is 11.5 Å². The minimum Gasteiger partial charge on any atom is -0.457 e. The Balaban J connectivity index is 1.42. The van der Waals surface area contributed by atoms with Crippen molar-refractivity contribution in [2.45, 2.75) is 26.2 Å². The highest BCUT2D eigenvalue weighted by Crippen LogP contribution is 2.27. The first-order valence-electron chi connectivity index (χ1n) is 10.2. The summed E-state index contributed by atoms with van der Waals surface area (Å²) in [7, 11) is 0. The number of para-hydroxylation sites is 1. The van der Waals surface area contributed by atoms with E-state index in [-0.39, 0.29) is 11.8 Å². The van der Waals surface area contributed by atoms with Crippen LogP contribution in [0.25, 0.3) is 0 Å². The molecule has 0 spiro atoms. The lowest BCUT2D eigenvalue weighted by atomic mass is 10.1. The summed E-state index contributed by atoms with van der Waals surface area (Å²) in [6, 6.07) is 22.2. The van der Waals surface area contributed by atoms with Gasteiger partial charge in [-0.1, -0.05) is 18.2 Å². The molecule has 3 aromatic carbocycles. The van der Waals surface area contributed by atoms with Crippen LogP contribution in [0, 0.1) is 6.92 Å². The Morgan fingerprint density at radius 2 is 1.67 bits per heavy atom. The summed E-state index contributed by atoms with van der Waals surface area (Å²) >= 11 is 0. The maximum absolute atomic E-state index is 12.6. The van der Waals surface area contributed by atoms with E-state index in [0.29, 0.717) is 23.4 Å². The molecule has 3 aromatic rings. The summed E-state index contributed by atoms with van der Waals surface area (Å²) < 4.78 is 5.76. The molecule has 0 bridgehead atoms. The monoisotopic (exact) mass is 400 g/mol. The minimum absolute atomic E-state index is 0.166. The van der Waals surface area contributed by atoms with Crippen LogP contribution in [0.5, 0.6) is 11.5 Å². The Morgan fingerprint density at radius 3 is 2.37 bits per heavy atom. The number of anilines is 2. The van der Waals surface area contributed by atoms with E-state index in [1.807, 2.05) is 60.4 Å². The fourth-order valence-corrected chi connectivity index (χ4v) is 3.60. The van der Waals surface area contributed by atoms with Gasteiger partial charge in [0.1, 0.15) is 11.5 Å². The van der Waals surface area contributed by atoms with Crippen LogP contribution in [0.4, 0.5) is 11.4 Å². The third-order valence-corrected chi connectivity index (χ3v) is 5.16. The molecule has 4 rings (SSSR count). The summed E-state index contributed by atoms with van der Waals surface area (Å²) in [5.74, 6) is 1.39. The average Bonchev–Trinajstić information content (AvgIpc) is 2.76.